The van der Waals surface area contributed by atoms with E-state index in [9.17, 15) is 4.79 Å². The number of thioether (sulfide) groups is 1. The summed E-state index contributed by atoms with van der Waals surface area (Å²) < 4.78 is 5.89. The van der Waals surface area contributed by atoms with Crippen LogP contribution in [0.1, 0.15) is 78.1 Å². The number of pyridine rings is 1. The molecule has 38 heavy (non-hydrogen) atoms. The molecule has 3 heterocycles. The van der Waals surface area contributed by atoms with E-state index in [1.54, 1.807) is 0 Å². The van der Waals surface area contributed by atoms with Crippen molar-refractivity contribution in [2.75, 3.05) is 44.2 Å². The highest BCUT2D eigenvalue weighted by Gasteiger charge is 2.28. The number of benzene rings is 1. The van der Waals surface area contributed by atoms with Crippen LogP contribution in [-0.4, -0.2) is 59.6 Å². The van der Waals surface area contributed by atoms with Gasteiger partial charge < -0.3 is 9.64 Å². The summed E-state index contributed by atoms with van der Waals surface area (Å²) in [6.45, 7) is 10.3. The Morgan fingerprint density at radius 2 is 1.61 bits per heavy atom. The van der Waals surface area contributed by atoms with Gasteiger partial charge in [0.15, 0.2) is 0 Å². The molecule has 5 nitrogen and oxygen atoms in total. The Hall–Kier alpha value is -1.76. The number of carbonyl (C=O) groups excluding carboxylic acids is 1. The number of fused-ring (bicyclic) bond motifs is 1. The van der Waals surface area contributed by atoms with Crippen LogP contribution in [-0.2, 0) is 9.53 Å². The molecule has 0 radical (unpaired) electrons. The minimum atomic E-state index is 0.174. The van der Waals surface area contributed by atoms with Crippen molar-refractivity contribution in [3.63, 3.8) is 0 Å². The molecule has 0 aliphatic carbocycles. The number of carbonyl (C=O) groups is 1. The van der Waals surface area contributed by atoms with Crippen molar-refractivity contribution in [1.82, 2.24) is 9.88 Å². The first-order chi connectivity index (χ1) is 18.5. The van der Waals surface area contributed by atoms with E-state index in [4.69, 9.17) is 16.3 Å². The Bertz CT molecular complexity index is 1080. The summed E-state index contributed by atoms with van der Waals surface area (Å²) >= 11 is 7.53. The smallest absolute Gasteiger partial charge is 0.219 e. The Morgan fingerprint density at radius 1 is 0.947 bits per heavy atom. The molecule has 4 rings (SSSR count). The average molecular weight is 558 g/mol. The van der Waals surface area contributed by atoms with E-state index in [2.05, 4.69) is 33.8 Å². The summed E-state index contributed by atoms with van der Waals surface area (Å²) in [4.78, 5) is 21.3. The van der Waals surface area contributed by atoms with Crippen LogP contribution in [0.15, 0.2) is 41.8 Å². The van der Waals surface area contributed by atoms with Crippen LogP contribution < -0.4 is 4.90 Å². The van der Waals surface area contributed by atoms with Gasteiger partial charge in [0, 0.05) is 54.0 Å². The number of unbranched alkanes of at least 4 members (excludes halogenated alkanes) is 9. The maximum Gasteiger partial charge on any atom is 0.219 e. The highest BCUT2D eigenvalue weighted by atomic mass is 35.5. The maximum absolute atomic E-state index is 11.7. The minimum absolute atomic E-state index is 0.174. The van der Waals surface area contributed by atoms with E-state index in [0.717, 1.165) is 61.1 Å². The molecule has 1 aromatic carbocycles. The molecule has 0 amide bonds. The van der Waals surface area contributed by atoms with Crippen molar-refractivity contribution in [2.45, 2.75) is 83.3 Å². The van der Waals surface area contributed by atoms with Crippen LogP contribution in [0.3, 0.4) is 0 Å². The fourth-order valence-corrected chi connectivity index (χ4v) is 6.68. The molecule has 1 fully saturated rings. The number of ether oxygens (including phenoxy) is 1. The lowest BCUT2D eigenvalue weighted by Crippen LogP contribution is -2.46. The van der Waals surface area contributed by atoms with Crippen LogP contribution >= 0.6 is 23.4 Å². The fraction of sp³-hybridized carbons (Fsp3) is 0.613. The molecule has 0 N–H and O–H groups in total. The summed E-state index contributed by atoms with van der Waals surface area (Å²) in [6, 6.07) is 8.15. The molecule has 0 bridgehead atoms. The zero-order chi connectivity index (χ0) is 26.7. The van der Waals surface area contributed by atoms with Gasteiger partial charge in [-0.3, -0.25) is 14.7 Å². The predicted molar refractivity (Wildman–Crippen MR) is 162 cm³/mol. The quantitative estimate of drug-likeness (QED) is 0.208. The molecule has 0 saturated carbocycles. The van der Waals surface area contributed by atoms with Crippen LogP contribution in [0.25, 0.3) is 10.9 Å². The number of hydrogen-bond acceptors (Lipinski definition) is 6. The number of hydrogen-bond donors (Lipinski definition) is 0. The van der Waals surface area contributed by atoms with Crippen LogP contribution in [0.2, 0.25) is 5.02 Å². The molecule has 208 valence electrons. The monoisotopic (exact) mass is 557 g/mol. The van der Waals surface area contributed by atoms with E-state index in [-0.39, 0.29) is 10.4 Å². The predicted octanol–water partition coefficient (Wildman–Crippen LogP) is 7.86. The molecule has 7 heteroatoms. The molecule has 1 atom stereocenters. The van der Waals surface area contributed by atoms with Gasteiger partial charge in [-0.05, 0) is 57.5 Å². The van der Waals surface area contributed by atoms with Crippen molar-refractivity contribution in [3.05, 3.63) is 46.8 Å². The van der Waals surface area contributed by atoms with Gasteiger partial charge in [0.1, 0.15) is 5.76 Å². The molecule has 1 aromatic heterocycles. The first kappa shape index (κ1) is 29.2. The van der Waals surface area contributed by atoms with Gasteiger partial charge in [0.2, 0.25) is 5.12 Å². The summed E-state index contributed by atoms with van der Waals surface area (Å²) in [6.07, 6.45) is 14.9. The number of nitrogens with zero attached hydrogens (tertiary/aromatic N) is 3. The second kappa shape index (κ2) is 15.1. The topological polar surface area (TPSA) is 45.7 Å². The summed E-state index contributed by atoms with van der Waals surface area (Å²) in [7, 11) is 0. The first-order valence-electron chi connectivity index (χ1n) is 14.6. The Morgan fingerprint density at radius 3 is 2.26 bits per heavy atom. The Kier molecular flexibility index (Phi) is 11.6. The summed E-state index contributed by atoms with van der Waals surface area (Å²) in [5.74, 6) is 0.909. The number of piperazine rings is 1. The van der Waals surface area contributed by atoms with Gasteiger partial charge in [0.05, 0.1) is 17.4 Å². The normalized spacial score (nSPS) is 18.7. The third-order valence-corrected chi connectivity index (χ3v) is 9.17. The SMILES string of the molecule is CC1=C(OCCCCCCCCCCCCN2CCN(c3ccnc4cc(Cl)ccc34)CC2)C(C)SC1=O. The molecular formula is C31H44ClN3O2S. The van der Waals surface area contributed by atoms with Crippen molar-refractivity contribution in [1.29, 1.82) is 0 Å². The summed E-state index contributed by atoms with van der Waals surface area (Å²) in [5, 5.41) is 2.30. The standard InChI is InChI=1S/C31H44ClN3O2S/c1-24-30(25(2)38-31(24)36)37-22-12-10-8-6-4-3-5-7-9-11-17-34-18-20-35(21-19-34)29-15-16-33-28-23-26(32)13-14-27(28)29/h13-16,23,25H,3-12,17-22H2,1-2H3. The van der Waals surface area contributed by atoms with E-state index < -0.39 is 0 Å². The van der Waals surface area contributed by atoms with E-state index >= 15 is 0 Å². The summed E-state index contributed by atoms with van der Waals surface area (Å²) in [5.41, 5.74) is 3.07. The molecule has 0 spiro atoms. The third-order valence-electron chi connectivity index (χ3n) is 7.85. The largest absolute Gasteiger partial charge is 0.496 e. The highest BCUT2D eigenvalue weighted by Crippen LogP contribution is 2.34. The van der Waals surface area contributed by atoms with Crippen LogP contribution in [0, 0.1) is 0 Å². The second-order valence-corrected chi connectivity index (χ2v) is 12.5. The lowest BCUT2D eigenvalue weighted by atomic mass is 10.1. The number of aromatic nitrogens is 1. The zero-order valence-corrected chi connectivity index (χ0v) is 24.8. The average Bonchev–Trinajstić information content (AvgIpc) is 3.16. The molecular weight excluding hydrogens is 514 g/mol. The lowest BCUT2D eigenvalue weighted by Gasteiger charge is -2.36. The van der Waals surface area contributed by atoms with Crippen molar-refractivity contribution < 1.29 is 9.53 Å². The van der Waals surface area contributed by atoms with Crippen molar-refractivity contribution in [3.8, 4) is 0 Å². The zero-order valence-electron chi connectivity index (χ0n) is 23.2. The van der Waals surface area contributed by atoms with Gasteiger partial charge in [-0.15, -0.1) is 0 Å². The van der Waals surface area contributed by atoms with Gasteiger partial charge in [0.25, 0.3) is 0 Å². The highest BCUT2D eigenvalue weighted by molar-refractivity contribution is 8.15. The lowest BCUT2D eigenvalue weighted by molar-refractivity contribution is -0.107. The van der Waals surface area contributed by atoms with E-state index in [1.807, 2.05) is 25.3 Å². The van der Waals surface area contributed by atoms with Crippen molar-refractivity contribution >= 4 is 45.1 Å². The minimum Gasteiger partial charge on any atom is -0.496 e. The van der Waals surface area contributed by atoms with Crippen LogP contribution in [0.5, 0.6) is 0 Å². The second-order valence-electron chi connectivity index (χ2n) is 10.7. The van der Waals surface area contributed by atoms with Gasteiger partial charge in [-0.1, -0.05) is 74.7 Å². The van der Waals surface area contributed by atoms with E-state index in [0.29, 0.717) is 0 Å². The van der Waals surface area contributed by atoms with Gasteiger partial charge in [-0.25, -0.2) is 0 Å². The molecule has 1 unspecified atom stereocenters. The fourth-order valence-electron chi connectivity index (χ4n) is 5.56. The molecule has 1 saturated heterocycles. The number of halogens is 1. The Labute approximate surface area is 238 Å². The first-order valence-corrected chi connectivity index (χ1v) is 15.8. The molecule has 2 aliphatic heterocycles. The Balaban J connectivity index is 0.974. The van der Waals surface area contributed by atoms with Crippen molar-refractivity contribution in [2.24, 2.45) is 0 Å². The van der Waals surface area contributed by atoms with Gasteiger partial charge in [-0.2, -0.15) is 0 Å². The van der Waals surface area contributed by atoms with Crippen LogP contribution in [0.4, 0.5) is 5.69 Å². The maximum atomic E-state index is 11.7. The number of rotatable bonds is 15. The molecule has 2 aromatic rings. The third kappa shape index (κ3) is 8.37. The molecule has 2 aliphatic rings. The van der Waals surface area contributed by atoms with E-state index in [1.165, 1.54) is 87.2 Å². The van der Waals surface area contributed by atoms with Gasteiger partial charge >= 0.3 is 0 Å². The number of anilines is 1.